The number of carbonyl (C=O) groups is 1. The van der Waals surface area contributed by atoms with Crippen LogP contribution in [0.15, 0.2) is 23.6 Å². The predicted molar refractivity (Wildman–Crippen MR) is 36.7 cm³/mol. The molecule has 0 saturated carbocycles. The van der Waals surface area contributed by atoms with Crippen molar-refractivity contribution in [2.75, 3.05) is 0 Å². The van der Waals surface area contributed by atoms with Crippen molar-refractivity contribution in [3.63, 3.8) is 0 Å². The maximum Gasteiger partial charge on any atom is 0.340 e. The van der Waals surface area contributed by atoms with Crippen LogP contribution in [0.1, 0.15) is 13.3 Å². The van der Waals surface area contributed by atoms with Crippen LogP contribution in [0.4, 0.5) is 0 Å². The summed E-state index contributed by atoms with van der Waals surface area (Å²) in [6.07, 6.45) is 3.69. The average molecular weight is 139 g/mol. The van der Waals surface area contributed by atoms with Crippen LogP contribution in [0.3, 0.4) is 0 Å². The number of ether oxygens (including phenoxy) is 1. The second kappa shape index (κ2) is 2.56. The van der Waals surface area contributed by atoms with Crippen LogP contribution in [-0.2, 0) is 9.53 Å². The molecule has 3 heteroatoms. The molecule has 0 unspecified atom stereocenters. The highest BCUT2D eigenvalue weighted by atomic mass is 16.5. The monoisotopic (exact) mass is 139 g/mol. The van der Waals surface area contributed by atoms with Gasteiger partial charge < -0.3 is 10.5 Å². The zero-order valence-electron chi connectivity index (χ0n) is 5.76. The lowest BCUT2D eigenvalue weighted by molar-refractivity contribution is -0.135. The van der Waals surface area contributed by atoms with Gasteiger partial charge in [-0.3, -0.25) is 0 Å². The van der Waals surface area contributed by atoms with Gasteiger partial charge in [0.25, 0.3) is 0 Å². The molecule has 0 spiro atoms. The van der Waals surface area contributed by atoms with E-state index in [2.05, 4.69) is 0 Å². The Morgan fingerprint density at radius 2 is 2.50 bits per heavy atom. The molecule has 0 atom stereocenters. The van der Waals surface area contributed by atoms with Crippen LogP contribution in [0, 0.1) is 0 Å². The highest BCUT2D eigenvalue weighted by molar-refractivity contribution is 5.90. The summed E-state index contributed by atoms with van der Waals surface area (Å²) in [4.78, 5) is 10.8. The number of nitrogens with two attached hydrogens (primary N) is 1. The van der Waals surface area contributed by atoms with Crippen molar-refractivity contribution in [1.82, 2.24) is 0 Å². The van der Waals surface area contributed by atoms with Gasteiger partial charge in [0.1, 0.15) is 5.76 Å². The second-order valence-electron chi connectivity index (χ2n) is 2.10. The first-order chi connectivity index (χ1) is 4.74. The van der Waals surface area contributed by atoms with Gasteiger partial charge in [-0.25, -0.2) is 4.79 Å². The number of carbonyl (C=O) groups excluding carboxylic acids is 1. The first-order valence-corrected chi connectivity index (χ1v) is 3.03. The largest absolute Gasteiger partial charge is 0.428 e. The van der Waals surface area contributed by atoms with Crippen LogP contribution in [0.25, 0.3) is 0 Å². The van der Waals surface area contributed by atoms with E-state index in [1.54, 1.807) is 6.92 Å². The summed E-state index contributed by atoms with van der Waals surface area (Å²) >= 11 is 0. The van der Waals surface area contributed by atoms with Crippen molar-refractivity contribution in [2.24, 2.45) is 5.73 Å². The predicted octanol–water partition coefficient (Wildman–Crippen LogP) is 0.680. The summed E-state index contributed by atoms with van der Waals surface area (Å²) in [6.45, 7) is 1.74. The summed E-state index contributed by atoms with van der Waals surface area (Å²) in [6, 6.07) is 0. The maximum absolute atomic E-state index is 10.8. The molecule has 3 nitrogen and oxygen atoms in total. The van der Waals surface area contributed by atoms with Gasteiger partial charge >= 0.3 is 5.97 Å². The van der Waals surface area contributed by atoms with E-state index in [0.717, 1.165) is 0 Å². The Labute approximate surface area is 59.2 Å². The molecule has 0 aromatic rings. The van der Waals surface area contributed by atoms with Crippen molar-refractivity contribution in [1.29, 1.82) is 0 Å². The number of hydrogen-bond acceptors (Lipinski definition) is 3. The quantitative estimate of drug-likeness (QED) is 0.396. The lowest BCUT2D eigenvalue weighted by atomic mass is 10.1. The van der Waals surface area contributed by atoms with E-state index in [-0.39, 0.29) is 5.97 Å². The fraction of sp³-hybridized carbons (Fsp3) is 0.286. The number of allylic oxidation sites excluding steroid dienone is 2. The van der Waals surface area contributed by atoms with E-state index in [1.807, 2.05) is 6.08 Å². The van der Waals surface area contributed by atoms with Gasteiger partial charge in [-0.2, -0.15) is 0 Å². The summed E-state index contributed by atoms with van der Waals surface area (Å²) in [5.41, 5.74) is 5.67. The Kier molecular flexibility index (Phi) is 1.76. The van der Waals surface area contributed by atoms with Crippen molar-refractivity contribution >= 4 is 5.97 Å². The van der Waals surface area contributed by atoms with Crippen molar-refractivity contribution in [3.8, 4) is 0 Å². The summed E-state index contributed by atoms with van der Waals surface area (Å²) < 4.78 is 4.76. The number of esters is 1. The molecule has 0 amide bonds. The van der Waals surface area contributed by atoms with E-state index in [0.29, 0.717) is 17.8 Å². The molecular formula is C7H9NO2. The highest BCUT2D eigenvalue weighted by Gasteiger charge is 2.14. The van der Waals surface area contributed by atoms with Crippen molar-refractivity contribution < 1.29 is 9.53 Å². The van der Waals surface area contributed by atoms with Gasteiger partial charge in [0.05, 0.1) is 5.57 Å². The number of rotatable bonds is 0. The van der Waals surface area contributed by atoms with E-state index in [4.69, 9.17) is 10.5 Å². The standard InChI is InChI=1S/C7H9NO2/c1-5-2-3-6(4-8)7(9)10-5/h2,4H,3,8H2,1H3. The highest BCUT2D eigenvalue weighted by Crippen LogP contribution is 2.14. The zero-order chi connectivity index (χ0) is 7.56. The van der Waals surface area contributed by atoms with Gasteiger partial charge in [0, 0.05) is 12.6 Å². The third kappa shape index (κ3) is 1.18. The SMILES string of the molecule is CC1=CCC(=CN)C(=O)O1. The van der Waals surface area contributed by atoms with Crippen molar-refractivity contribution in [3.05, 3.63) is 23.6 Å². The number of hydrogen-bond donors (Lipinski definition) is 1. The van der Waals surface area contributed by atoms with E-state index in [1.165, 1.54) is 6.20 Å². The Balaban J connectivity index is 2.80. The molecule has 0 fully saturated rings. The summed E-state index contributed by atoms with van der Waals surface area (Å²) in [5, 5.41) is 0. The molecule has 1 rings (SSSR count). The van der Waals surface area contributed by atoms with Crippen LogP contribution >= 0.6 is 0 Å². The molecule has 1 aliphatic rings. The minimum absolute atomic E-state index is 0.331. The van der Waals surface area contributed by atoms with Crippen LogP contribution in [0.2, 0.25) is 0 Å². The van der Waals surface area contributed by atoms with E-state index in [9.17, 15) is 4.79 Å². The molecule has 0 aromatic carbocycles. The maximum atomic E-state index is 10.8. The third-order valence-electron chi connectivity index (χ3n) is 1.33. The first-order valence-electron chi connectivity index (χ1n) is 3.03. The average Bonchev–Trinajstić information content (AvgIpc) is 1.88. The molecule has 10 heavy (non-hydrogen) atoms. The Bertz CT molecular complexity index is 216. The lowest BCUT2D eigenvalue weighted by Gasteiger charge is -2.10. The molecule has 0 saturated heterocycles. The Hall–Kier alpha value is -1.25. The second-order valence-corrected chi connectivity index (χ2v) is 2.10. The van der Waals surface area contributed by atoms with E-state index >= 15 is 0 Å². The Morgan fingerprint density at radius 1 is 1.80 bits per heavy atom. The van der Waals surface area contributed by atoms with Gasteiger partial charge in [-0.15, -0.1) is 0 Å². The molecule has 1 aliphatic heterocycles. The molecule has 0 bridgehead atoms. The molecule has 1 heterocycles. The Morgan fingerprint density at radius 3 is 3.00 bits per heavy atom. The van der Waals surface area contributed by atoms with Crippen LogP contribution < -0.4 is 5.73 Å². The normalized spacial score (nSPS) is 22.3. The number of cyclic esters (lactones) is 1. The zero-order valence-corrected chi connectivity index (χ0v) is 5.76. The van der Waals surface area contributed by atoms with Gasteiger partial charge in [-0.1, -0.05) is 0 Å². The third-order valence-corrected chi connectivity index (χ3v) is 1.33. The summed E-state index contributed by atoms with van der Waals surface area (Å²) in [5.74, 6) is 0.318. The van der Waals surface area contributed by atoms with Gasteiger partial charge in [0.2, 0.25) is 0 Å². The van der Waals surface area contributed by atoms with Gasteiger partial charge in [0.15, 0.2) is 0 Å². The first kappa shape index (κ1) is 6.86. The minimum atomic E-state index is -0.331. The smallest absolute Gasteiger partial charge is 0.340 e. The lowest BCUT2D eigenvalue weighted by Crippen LogP contribution is -2.12. The van der Waals surface area contributed by atoms with Crippen molar-refractivity contribution in [2.45, 2.75) is 13.3 Å². The molecule has 2 N–H and O–H groups in total. The van der Waals surface area contributed by atoms with Gasteiger partial charge in [-0.05, 0) is 13.0 Å². The van der Waals surface area contributed by atoms with E-state index < -0.39 is 0 Å². The molecule has 0 aliphatic carbocycles. The fourth-order valence-corrected chi connectivity index (χ4v) is 0.727. The topological polar surface area (TPSA) is 52.3 Å². The van der Waals surface area contributed by atoms with Crippen LogP contribution in [0.5, 0.6) is 0 Å². The minimum Gasteiger partial charge on any atom is -0.428 e. The summed E-state index contributed by atoms with van der Waals surface area (Å²) in [7, 11) is 0. The molecular weight excluding hydrogens is 130 g/mol. The fourth-order valence-electron chi connectivity index (χ4n) is 0.727. The molecule has 54 valence electrons. The molecule has 0 radical (unpaired) electrons. The molecule has 0 aromatic heterocycles. The van der Waals surface area contributed by atoms with Crippen LogP contribution in [-0.4, -0.2) is 5.97 Å².